The quantitative estimate of drug-likeness (QED) is 0.860. The third kappa shape index (κ3) is 2.92. The molecule has 0 radical (unpaired) electrons. The van der Waals surface area contributed by atoms with Gasteiger partial charge in [-0.1, -0.05) is 18.2 Å². The van der Waals surface area contributed by atoms with E-state index >= 15 is 0 Å². The van der Waals surface area contributed by atoms with Gasteiger partial charge in [-0.2, -0.15) is 9.64 Å². The first-order chi connectivity index (χ1) is 8.85. The van der Waals surface area contributed by atoms with E-state index in [4.69, 9.17) is 5.26 Å². The summed E-state index contributed by atoms with van der Waals surface area (Å²) in [5.74, 6) is 0. The summed E-state index contributed by atoms with van der Waals surface area (Å²) in [5.41, 5.74) is 1.67. The van der Waals surface area contributed by atoms with Crippen LogP contribution in [-0.4, -0.2) is 10.6 Å². The van der Waals surface area contributed by atoms with Gasteiger partial charge >= 0.3 is 0 Å². The van der Waals surface area contributed by atoms with Crippen molar-refractivity contribution in [3.63, 3.8) is 0 Å². The van der Waals surface area contributed by atoms with Crippen LogP contribution >= 0.6 is 23.3 Å². The van der Waals surface area contributed by atoms with Crippen LogP contribution in [0.2, 0.25) is 0 Å². The zero-order valence-electron chi connectivity index (χ0n) is 9.75. The molecular weight excluding hydrogens is 262 g/mol. The largest absolute Gasteiger partial charge is 0.362 e. The zero-order valence-corrected chi connectivity index (χ0v) is 11.4. The van der Waals surface area contributed by atoms with Gasteiger partial charge in [0, 0.05) is 11.9 Å². The first-order valence-corrected chi connectivity index (χ1v) is 7.27. The summed E-state index contributed by atoms with van der Waals surface area (Å²) in [7, 11) is 0. The molecule has 0 spiro atoms. The molecule has 0 amide bonds. The minimum atomic E-state index is 0.651. The van der Waals surface area contributed by atoms with Gasteiger partial charge in [0.25, 0.3) is 0 Å². The van der Waals surface area contributed by atoms with Crippen LogP contribution in [0.15, 0.2) is 41.6 Å². The van der Waals surface area contributed by atoms with Gasteiger partial charge in [-0.15, -0.1) is 11.8 Å². The Morgan fingerprint density at radius 2 is 2.17 bits per heavy atom. The van der Waals surface area contributed by atoms with Crippen molar-refractivity contribution in [1.82, 2.24) is 4.37 Å². The van der Waals surface area contributed by atoms with Gasteiger partial charge in [0.1, 0.15) is 16.7 Å². The summed E-state index contributed by atoms with van der Waals surface area (Å²) in [6.07, 6.45) is 5.63. The Kier molecular flexibility index (Phi) is 4.40. The minimum Gasteiger partial charge on any atom is -0.362 e. The highest BCUT2D eigenvalue weighted by atomic mass is 32.2. The molecule has 2 rings (SSSR count). The van der Waals surface area contributed by atoms with Crippen LogP contribution < -0.4 is 5.32 Å². The molecule has 1 aromatic carbocycles. The van der Waals surface area contributed by atoms with Crippen LogP contribution in [0.5, 0.6) is 0 Å². The average Bonchev–Trinajstić information content (AvgIpc) is 2.82. The van der Waals surface area contributed by atoms with Gasteiger partial charge in [0.05, 0.1) is 4.88 Å². The van der Waals surface area contributed by atoms with Crippen LogP contribution in [0.25, 0.3) is 6.08 Å². The molecule has 0 aliphatic heterocycles. The number of hydrogen-bond acceptors (Lipinski definition) is 5. The molecule has 0 saturated carbocycles. The Morgan fingerprint density at radius 3 is 2.83 bits per heavy atom. The lowest BCUT2D eigenvalue weighted by Gasteiger charge is -1.98. The number of aromatic nitrogens is 1. The van der Waals surface area contributed by atoms with Gasteiger partial charge in [0.15, 0.2) is 0 Å². The third-order valence-corrected chi connectivity index (χ3v) is 3.86. The number of nitriles is 1. The van der Waals surface area contributed by atoms with Crippen molar-refractivity contribution in [2.24, 2.45) is 0 Å². The number of thioether (sulfide) groups is 1. The predicted molar refractivity (Wildman–Crippen MR) is 77.7 cm³/mol. The second-order valence-corrected chi connectivity index (χ2v) is 4.99. The molecule has 0 unspecified atom stereocenters. The molecule has 2 aromatic rings. The van der Waals surface area contributed by atoms with Gasteiger partial charge < -0.3 is 5.32 Å². The van der Waals surface area contributed by atoms with Gasteiger partial charge in [-0.05, 0) is 36.0 Å². The number of nitrogens with one attached hydrogen (secondary N) is 1. The second kappa shape index (κ2) is 6.24. The van der Waals surface area contributed by atoms with E-state index < -0.39 is 0 Å². The summed E-state index contributed by atoms with van der Waals surface area (Å²) < 4.78 is 4.23. The number of anilines is 1. The summed E-state index contributed by atoms with van der Waals surface area (Å²) in [4.78, 5) is 0.880. The number of para-hydroxylation sites is 1. The maximum atomic E-state index is 9.08. The fraction of sp³-hybridized carbons (Fsp3) is 0.0769. The van der Waals surface area contributed by atoms with Crippen LogP contribution in [0.4, 0.5) is 5.69 Å². The molecule has 1 heterocycles. The summed E-state index contributed by atoms with van der Waals surface area (Å²) >= 11 is 2.83. The molecule has 0 aliphatic carbocycles. The van der Waals surface area contributed by atoms with Gasteiger partial charge in [0.2, 0.25) is 0 Å². The Hall–Kier alpha value is -1.77. The predicted octanol–water partition coefficient (Wildman–Crippen LogP) is 3.82. The number of nitrogens with zero attached hydrogens (tertiary/aromatic N) is 2. The van der Waals surface area contributed by atoms with E-state index in [0.717, 1.165) is 15.6 Å². The monoisotopic (exact) mass is 273 g/mol. The topological polar surface area (TPSA) is 48.7 Å². The maximum absolute atomic E-state index is 9.08. The minimum absolute atomic E-state index is 0.651. The maximum Gasteiger partial charge on any atom is 0.128 e. The molecule has 0 bridgehead atoms. The molecule has 1 N–H and O–H groups in total. The molecule has 0 saturated heterocycles. The first-order valence-electron chi connectivity index (χ1n) is 5.27. The van der Waals surface area contributed by atoms with Crippen molar-refractivity contribution in [2.75, 3.05) is 11.6 Å². The fourth-order valence-electron chi connectivity index (χ4n) is 1.39. The van der Waals surface area contributed by atoms with Crippen molar-refractivity contribution in [1.29, 1.82) is 5.26 Å². The normalized spacial score (nSPS) is 10.4. The van der Waals surface area contributed by atoms with E-state index in [2.05, 4.69) is 15.8 Å². The summed E-state index contributed by atoms with van der Waals surface area (Å²) in [6.45, 7) is 0. The van der Waals surface area contributed by atoms with E-state index in [-0.39, 0.29) is 0 Å². The molecule has 0 fully saturated rings. The SMILES string of the molecule is CSc1nsc(/C=C\Nc2ccccc2)c1C#N. The standard InChI is InChI=1S/C13H11N3S2/c1-17-13-11(9-14)12(18-16-13)7-8-15-10-5-3-2-4-6-10/h2-8,15H,1H3/b8-7-. The van der Waals surface area contributed by atoms with Crippen LogP contribution in [-0.2, 0) is 0 Å². The smallest absolute Gasteiger partial charge is 0.128 e. The Morgan fingerprint density at radius 1 is 1.39 bits per heavy atom. The number of hydrogen-bond donors (Lipinski definition) is 1. The van der Waals surface area contributed by atoms with Crippen LogP contribution in [0.1, 0.15) is 10.4 Å². The molecule has 90 valence electrons. The fourth-order valence-corrected chi connectivity index (χ4v) is 2.86. The van der Waals surface area contributed by atoms with Crippen molar-refractivity contribution >= 4 is 35.1 Å². The van der Waals surface area contributed by atoms with E-state index in [1.807, 2.05) is 48.9 Å². The average molecular weight is 273 g/mol. The lowest BCUT2D eigenvalue weighted by molar-refractivity contribution is 1.25. The van der Waals surface area contributed by atoms with Crippen LogP contribution in [0, 0.1) is 11.3 Å². The second-order valence-electron chi connectivity index (χ2n) is 3.39. The van der Waals surface area contributed by atoms with E-state index in [1.165, 1.54) is 23.3 Å². The number of benzene rings is 1. The van der Waals surface area contributed by atoms with Crippen molar-refractivity contribution in [2.45, 2.75) is 5.03 Å². The summed E-state index contributed by atoms with van der Waals surface area (Å²) in [6, 6.07) is 12.1. The van der Waals surface area contributed by atoms with Gasteiger partial charge in [-0.25, -0.2) is 0 Å². The van der Waals surface area contributed by atoms with E-state index in [1.54, 1.807) is 0 Å². The molecule has 5 heteroatoms. The molecule has 18 heavy (non-hydrogen) atoms. The molecule has 0 aliphatic rings. The van der Waals surface area contributed by atoms with Crippen molar-refractivity contribution in [3.05, 3.63) is 47.0 Å². The molecule has 3 nitrogen and oxygen atoms in total. The summed E-state index contributed by atoms with van der Waals surface area (Å²) in [5, 5.41) is 13.0. The van der Waals surface area contributed by atoms with Crippen molar-refractivity contribution < 1.29 is 0 Å². The van der Waals surface area contributed by atoms with E-state index in [0.29, 0.717) is 5.56 Å². The Labute approximate surface area is 114 Å². The highest BCUT2D eigenvalue weighted by Crippen LogP contribution is 2.26. The highest BCUT2D eigenvalue weighted by molar-refractivity contribution is 7.98. The van der Waals surface area contributed by atoms with Gasteiger partial charge in [-0.3, -0.25) is 0 Å². The third-order valence-electron chi connectivity index (χ3n) is 2.25. The Balaban J connectivity index is 2.10. The Bertz CT molecular complexity index is 582. The number of rotatable bonds is 4. The van der Waals surface area contributed by atoms with Crippen molar-refractivity contribution in [3.8, 4) is 6.07 Å². The first kappa shape index (κ1) is 12.7. The lowest BCUT2D eigenvalue weighted by Crippen LogP contribution is -1.85. The lowest BCUT2D eigenvalue weighted by atomic mass is 10.3. The van der Waals surface area contributed by atoms with E-state index in [9.17, 15) is 0 Å². The molecular formula is C13H11N3S2. The zero-order chi connectivity index (χ0) is 12.8. The molecule has 1 aromatic heterocycles. The molecule has 0 atom stereocenters. The highest BCUT2D eigenvalue weighted by Gasteiger charge is 2.09. The van der Waals surface area contributed by atoms with Crippen LogP contribution in [0.3, 0.4) is 0 Å².